The van der Waals surface area contributed by atoms with Gasteiger partial charge in [-0.15, -0.1) is 19.0 Å². The largest absolute Gasteiger partial charge is 0.416 e. The third-order valence-electron chi connectivity index (χ3n) is 1.95. The molecule has 0 heterocycles. The van der Waals surface area contributed by atoms with Gasteiger partial charge in [-0.05, 0) is 12.1 Å². The van der Waals surface area contributed by atoms with E-state index in [0.717, 1.165) is 6.07 Å². The summed E-state index contributed by atoms with van der Waals surface area (Å²) in [6.07, 6.45) is -3.24. The first-order chi connectivity index (χ1) is 6.88. The molecule has 0 saturated carbocycles. The summed E-state index contributed by atoms with van der Waals surface area (Å²) in [7, 11) is 0. The molecule has 1 aromatic carbocycles. The Kier molecular flexibility index (Phi) is 5.32. The SMILES string of the molecule is C=C[C@@H](N)c1c(Cl)cccc1C(F)(F)F.Cl. The fraction of sp³-hybridized carbons (Fsp3) is 0.200. The predicted octanol–water partition coefficient (Wildman–Crippen LogP) is 3.97. The summed E-state index contributed by atoms with van der Waals surface area (Å²) in [5.74, 6) is 0. The molecule has 0 radical (unpaired) electrons. The summed E-state index contributed by atoms with van der Waals surface area (Å²) in [5, 5.41) is -0.00257. The third-order valence-corrected chi connectivity index (χ3v) is 2.28. The second kappa shape index (κ2) is 5.57. The summed E-state index contributed by atoms with van der Waals surface area (Å²) in [6, 6.07) is 2.64. The van der Waals surface area contributed by atoms with Gasteiger partial charge in [0.25, 0.3) is 0 Å². The molecule has 16 heavy (non-hydrogen) atoms. The smallest absolute Gasteiger partial charge is 0.321 e. The van der Waals surface area contributed by atoms with Crippen molar-refractivity contribution in [2.24, 2.45) is 5.73 Å². The second-order valence-electron chi connectivity index (χ2n) is 2.96. The normalized spacial score (nSPS) is 12.8. The molecule has 0 spiro atoms. The number of rotatable bonds is 2. The minimum atomic E-state index is -4.46. The first-order valence-electron chi connectivity index (χ1n) is 4.11. The summed E-state index contributed by atoms with van der Waals surface area (Å²) < 4.78 is 37.7. The van der Waals surface area contributed by atoms with Crippen molar-refractivity contribution in [2.45, 2.75) is 12.2 Å². The number of hydrogen-bond donors (Lipinski definition) is 1. The van der Waals surface area contributed by atoms with Gasteiger partial charge >= 0.3 is 6.18 Å². The predicted molar refractivity (Wildman–Crippen MR) is 60.8 cm³/mol. The van der Waals surface area contributed by atoms with Crippen LogP contribution in [-0.4, -0.2) is 0 Å². The Morgan fingerprint density at radius 2 is 1.94 bits per heavy atom. The van der Waals surface area contributed by atoms with E-state index >= 15 is 0 Å². The molecular formula is C10H10Cl2F3N. The lowest BCUT2D eigenvalue weighted by Crippen LogP contribution is -2.16. The molecule has 2 N–H and O–H groups in total. The Morgan fingerprint density at radius 1 is 1.38 bits per heavy atom. The Hall–Kier alpha value is -0.710. The van der Waals surface area contributed by atoms with Gasteiger partial charge in [0.1, 0.15) is 0 Å². The highest BCUT2D eigenvalue weighted by Crippen LogP contribution is 2.37. The van der Waals surface area contributed by atoms with Crippen molar-refractivity contribution in [1.82, 2.24) is 0 Å². The van der Waals surface area contributed by atoms with E-state index in [2.05, 4.69) is 6.58 Å². The average Bonchev–Trinajstić information content (AvgIpc) is 2.15. The number of alkyl halides is 3. The fourth-order valence-corrected chi connectivity index (χ4v) is 1.54. The molecule has 0 bridgehead atoms. The molecule has 90 valence electrons. The van der Waals surface area contributed by atoms with Crippen LogP contribution in [0.2, 0.25) is 5.02 Å². The molecule has 1 rings (SSSR count). The number of nitrogens with two attached hydrogens (primary N) is 1. The molecule has 6 heteroatoms. The molecule has 1 aromatic rings. The molecule has 0 saturated heterocycles. The lowest BCUT2D eigenvalue weighted by molar-refractivity contribution is -0.138. The highest BCUT2D eigenvalue weighted by molar-refractivity contribution is 6.31. The van der Waals surface area contributed by atoms with Crippen LogP contribution < -0.4 is 5.73 Å². The maximum absolute atomic E-state index is 12.6. The van der Waals surface area contributed by atoms with Gasteiger partial charge in [0.15, 0.2) is 0 Å². The van der Waals surface area contributed by atoms with Crippen LogP contribution in [-0.2, 0) is 6.18 Å². The van der Waals surface area contributed by atoms with Gasteiger partial charge in [0.05, 0.1) is 5.56 Å². The van der Waals surface area contributed by atoms with Gasteiger partial charge < -0.3 is 5.73 Å². The second-order valence-corrected chi connectivity index (χ2v) is 3.37. The van der Waals surface area contributed by atoms with Crippen molar-refractivity contribution in [1.29, 1.82) is 0 Å². The lowest BCUT2D eigenvalue weighted by atomic mass is 10.0. The van der Waals surface area contributed by atoms with Crippen molar-refractivity contribution in [3.8, 4) is 0 Å². The average molecular weight is 272 g/mol. The van der Waals surface area contributed by atoms with Crippen LogP contribution in [0.3, 0.4) is 0 Å². The van der Waals surface area contributed by atoms with Gasteiger partial charge in [-0.25, -0.2) is 0 Å². The van der Waals surface area contributed by atoms with E-state index in [-0.39, 0.29) is 23.0 Å². The highest BCUT2D eigenvalue weighted by Gasteiger charge is 2.35. The minimum Gasteiger partial charge on any atom is -0.321 e. The molecule has 0 aliphatic carbocycles. The Labute approximate surface area is 102 Å². The van der Waals surface area contributed by atoms with E-state index in [4.69, 9.17) is 17.3 Å². The van der Waals surface area contributed by atoms with Crippen LogP contribution in [0, 0.1) is 0 Å². The zero-order valence-electron chi connectivity index (χ0n) is 8.09. The fourth-order valence-electron chi connectivity index (χ4n) is 1.24. The Bertz CT molecular complexity index is 377. The molecule has 0 aliphatic heterocycles. The first-order valence-corrected chi connectivity index (χ1v) is 4.49. The van der Waals surface area contributed by atoms with Gasteiger partial charge in [-0.1, -0.05) is 23.7 Å². The number of hydrogen-bond acceptors (Lipinski definition) is 1. The molecule has 0 fully saturated rings. The summed E-state index contributed by atoms with van der Waals surface area (Å²) in [6.45, 7) is 3.35. The van der Waals surface area contributed by atoms with Gasteiger partial charge in [-0.3, -0.25) is 0 Å². The van der Waals surface area contributed by atoms with Crippen molar-refractivity contribution in [2.75, 3.05) is 0 Å². The van der Waals surface area contributed by atoms with Crippen molar-refractivity contribution < 1.29 is 13.2 Å². The topological polar surface area (TPSA) is 26.0 Å². The lowest BCUT2D eigenvalue weighted by Gasteiger charge is -2.17. The maximum atomic E-state index is 12.6. The first kappa shape index (κ1) is 15.3. The van der Waals surface area contributed by atoms with Crippen LogP contribution in [0.25, 0.3) is 0 Å². The van der Waals surface area contributed by atoms with Gasteiger partial charge in [0.2, 0.25) is 0 Å². The summed E-state index contributed by atoms with van der Waals surface area (Å²) in [5.41, 5.74) is 4.54. The summed E-state index contributed by atoms with van der Waals surface area (Å²) in [4.78, 5) is 0. The molecule has 0 amide bonds. The molecule has 0 aliphatic rings. The zero-order chi connectivity index (χ0) is 11.6. The van der Waals surface area contributed by atoms with Gasteiger partial charge in [0, 0.05) is 16.6 Å². The van der Waals surface area contributed by atoms with Crippen molar-refractivity contribution in [3.05, 3.63) is 47.0 Å². The minimum absolute atomic E-state index is 0. The summed E-state index contributed by atoms with van der Waals surface area (Å²) >= 11 is 5.68. The molecule has 0 unspecified atom stereocenters. The van der Waals surface area contributed by atoms with E-state index in [0.29, 0.717) is 0 Å². The molecule has 1 atom stereocenters. The molecule has 0 aromatic heterocycles. The molecule has 1 nitrogen and oxygen atoms in total. The van der Waals surface area contributed by atoms with E-state index in [1.54, 1.807) is 0 Å². The monoisotopic (exact) mass is 271 g/mol. The van der Waals surface area contributed by atoms with Crippen LogP contribution in [0.4, 0.5) is 13.2 Å². The highest BCUT2D eigenvalue weighted by atomic mass is 35.5. The quantitative estimate of drug-likeness (QED) is 0.810. The number of halogens is 5. The van der Waals surface area contributed by atoms with E-state index < -0.39 is 17.8 Å². The van der Waals surface area contributed by atoms with Crippen molar-refractivity contribution in [3.63, 3.8) is 0 Å². The van der Waals surface area contributed by atoms with E-state index in [9.17, 15) is 13.2 Å². The molecular weight excluding hydrogens is 262 g/mol. The van der Waals surface area contributed by atoms with Crippen molar-refractivity contribution >= 4 is 24.0 Å². The van der Waals surface area contributed by atoms with Crippen LogP contribution in [0.5, 0.6) is 0 Å². The maximum Gasteiger partial charge on any atom is 0.416 e. The van der Waals surface area contributed by atoms with E-state index in [1.807, 2.05) is 0 Å². The van der Waals surface area contributed by atoms with Crippen LogP contribution >= 0.6 is 24.0 Å². The van der Waals surface area contributed by atoms with Crippen LogP contribution in [0.1, 0.15) is 17.2 Å². The third kappa shape index (κ3) is 3.14. The van der Waals surface area contributed by atoms with E-state index in [1.165, 1.54) is 18.2 Å². The van der Waals surface area contributed by atoms with Crippen LogP contribution in [0.15, 0.2) is 30.9 Å². The van der Waals surface area contributed by atoms with Gasteiger partial charge in [-0.2, -0.15) is 13.2 Å². The number of benzene rings is 1. The Balaban J connectivity index is 0.00000225. The standard InChI is InChI=1S/C10H9ClF3N.ClH/c1-2-8(15)9-6(10(12,13)14)4-3-5-7(9)11;/h2-5,8H,1,15H2;1H/t8-;/m1./s1. The Morgan fingerprint density at radius 3 is 2.38 bits per heavy atom. The zero-order valence-corrected chi connectivity index (χ0v) is 9.66.